The molecule has 7 heteroatoms. The average Bonchev–Trinajstić information content (AvgIpc) is 2.41. The van der Waals surface area contributed by atoms with Gasteiger partial charge in [-0.2, -0.15) is 4.31 Å². The Kier molecular flexibility index (Phi) is 7.11. The molecule has 0 saturated carbocycles. The molecule has 0 atom stereocenters. The van der Waals surface area contributed by atoms with Crippen LogP contribution < -0.4 is 5.32 Å². The number of rotatable bonds is 8. The molecule has 0 amide bonds. The molecule has 0 spiro atoms. The van der Waals surface area contributed by atoms with E-state index in [1.165, 1.54) is 4.31 Å². The molecule has 0 aliphatic rings. The van der Waals surface area contributed by atoms with E-state index in [1.807, 2.05) is 20.0 Å². The fourth-order valence-corrected chi connectivity index (χ4v) is 4.25. The van der Waals surface area contributed by atoms with Gasteiger partial charge in [-0.1, -0.05) is 13.0 Å². The van der Waals surface area contributed by atoms with Gasteiger partial charge in [0.15, 0.2) is 0 Å². The zero-order chi connectivity index (χ0) is 15.2. The lowest BCUT2D eigenvalue weighted by atomic mass is 10.2. The van der Waals surface area contributed by atoms with Crippen LogP contribution in [0.25, 0.3) is 0 Å². The number of ether oxygens (including phenoxy) is 1. The second-order valence-electron chi connectivity index (χ2n) is 4.28. The Morgan fingerprint density at radius 1 is 1.40 bits per heavy atom. The number of halogens is 1. The van der Waals surface area contributed by atoms with E-state index in [2.05, 4.69) is 21.2 Å². The van der Waals surface area contributed by atoms with Crippen molar-refractivity contribution in [2.24, 2.45) is 0 Å². The SMILES string of the molecule is CCN(CCOC)S(=O)(=O)c1cc(CNC)ccc1Br. The summed E-state index contributed by atoms with van der Waals surface area (Å²) in [4.78, 5) is 0.295. The van der Waals surface area contributed by atoms with E-state index in [1.54, 1.807) is 19.2 Å². The summed E-state index contributed by atoms with van der Waals surface area (Å²) in [6.07, 6.45) is 0. The standard InChI is InChI=1S/C13H21BrN2O3S/c1-4-16(7-8-19-3)20(17,18)13-9-11(10-15-2)5-6-12(13)14/h5-6,9,15H,4,7-8,10H2,1-3H3. The van der Waals surface area contributed by atoms with E-state index in [4.69, 9.17) is 4.74 Å². The Balaban J connectivity index is 3.15. The Bertz CT molecular complexity index is 534. The fraction of sp³-hybridized carbons (Fsp3) is 0.538. The number of likely N-dealkylation sites (N-methyl/N-ethyl adjacent to an activating group) is 1. The number of hydrogen-bond acceptors (Lipinski definition) is 4. The normalized spacial score (nSPS) is 12.1. The summed E-state index contributed by atoms with van der Waals surface area (Å²) in [5, 5.41) is 3.02. The summed E-state index contributed by atoms with van der Waals surface area (Å²) >= 11 is 3.33. The Hall–Kier alpha value is -0.470. The second-order valence-corrected chi connectivity index (χ2v) is 7.05. The maximum atomic E-state index is 12.7. The van der Waals surface area contributed by atoms with Crippen molar-refractivity contribution in [2.45, 2.75) is 18.4 Å². The van der Waals surface area contributed by atoms with Crippen molar-refractivity contribution >= 4 is 26.0 Å². The van der Waals surface area contributed by atoms with Gasteiger partial charge in [-0.05, 0) is 40.7 Å². The summed E-state index contributed by atoms with van der Waals surface area (Å²) in [6, 6.07) is 5.36. The van der Waals surface area contributed by atoms with Gasteiger partial charge in [0.1, 0.15) is 0 Å². The third kappa shape index (κ3) is 4.26. The van der Waals surface area contributed by atoms with Gasteiger partial charge in [0.25, 0.3) is 0 Å². The number of sulfonamides is 1. The molecule has 0 bridgehead atoms. The summed E-state index contributed by atoms with van der Waals surface area (Å²) in [6.45, 7) is 3.58. The van der Waals surface area contributed by atoms with Gasteiger partial charge in [0.05, 0.1) is 11.5 Å². The van der Waals surface area contributed by atoms with E-state index >= 15 is 0 Å². The predicted molar refractivity (Wildman–Crippen MR) is 83.2 cm³/mol. The van der Waals surface area contributed by atoms with Gasteiger partial charge < -0.3 is 10.1 Å². The Labute approximate surface area is 129 Å². The predicted octanol–water partition coefficient (Wildman–Crippen LogP) is 1.83. The first-order chi connectivity index (χ1) is 9.47. The molecule has 0 aromatic heterocycles. The van der Waals surface area contributed by atoms with Gasteiger partial charge in [-0.15, -0.1) is 0 Å². The minimum absolute atomic E-state index is 0.295. The smallest absolute Gasteiger partial charge is 0.244 e. The highest BCUT2D eigenvalue weighted by Crippen LogP contribution is 2.26. The van der Waals surface area contributed by atoms with Crippen LogP contribution in [0, 0.1) is 0 Å². The summed E-state index contributed by atoms with van der Waals surface area (Å²) in [7, 11) is -0.130. The van der Waals surface area contributed by atoms with Crippen molar-refractivity contribution in [3.05, 3.63) is 28.2 Å². The van der Waals surface area contributed by atoms with E-state index in [0.29, 0.717) is 35.6 Å². The maximum Gasteiger partial charge on any atom is 0.244 e. The number of methoxy groups -OCH3 is 1. The number of hydrogen-bond donors (Lipinski definition) is 1. The first kappa shape index (κ1) is 17.6. The molecule has 5 nitrogen and oxygen atoms in total. The molecule has 0 unspecified atom stereocenters. The van der Waals surface area contributed by atoms with E-state index in [9.17, 15) is 8.42 Å². The topological polar surface area (TPSA) is 58.6 Å². The zero-order valence-electron chi connectivity index (χ0n) is 12.0. The number of nitrogens with zero attached hydrogens (tertiary/aromatic N) is 1. The molecule has 1 rings (SSSR count). The minimum Gasteiger partial charge on any atom is -0.383 e. The van der Waals surface area contributed by atoms with Crippen LogP contribution in [-0.4, -0.2) is 46.6 Å². The molecule has 0 radical (unpaired) electrons. The van der Waals surface area contributed by atoms with Gasteiger partial charge in [-0.3, -0.25) is 0 Å². The fourth-order valence-electron chi connectivity index (χ4n) is 1.84. The van der Waals surface area contributed by atoms with E-state index in [-0.39, 0.29) is 0 Å². The van der Waals surface area contributed by atoms with Crippen LogP contribution in [-0.2, 0) is 21.3 Å². The lowest BCUT2D eigenvalue weighted by Gasteiger charge is -2.21. The van der Waals surface area contributed by atoms with Gasteiger partial charge in [0, 0.05) is 31.2 Å². The summed E-state index contributed by atoms with van der Waals surface area (Å²) < 4.78 is 32.3. The van der Waals surface area contributed by atoms with Crippen molar-refractivity contribution < 1.29 is 13.2 Å². The lowest BCUT2D eigenvalue weighted by Crippen LogP contribution is -2.34. The molecule has 1 aromatic carbocycles. The van der Waals surface area contributed by atoms with Crippen LogP contribution in [0.15, 0.2) is 27.6 Å². The van der Waals surface area contributed by atoms with Crippen molar-refractivity contribution in [1.29, 1.82) is 0 Å². The van der Waals surface area contributed by atoms with Crippen molar-refractivity contribution in [2.75, 3.05) is 33.9 Å². The summed E-state index contributed by atoms with van der Waals surface area (Å²) in [5.74, 6) is 0. The van der Waals surface area contributed by atoms with Crippen LogP contribution in [0.5, 0.6) is 0 Å². The Morgan fingerprint density at radius 2 is 2.10 bits per heavy atom. The molecule has 1 N–H and O–H groups in total. The van der Waals surface area contributed by atoms with Crippen molar-refractivity contribution in [1.82, 2.24) is 9.62 Å². The van der Waals surface area contributed by atoms with Crippen LogP contribution in [0.3, 0.4) is 0 Å². The quantitative estimate of drug-likeness (QED) is 0.764. The number of nitrogens with one attached hydrogen (secondary N) is 1. The van der Waals surface area contributed by atoms with E-state index in [0.717, 1.165) is 5.56 Å². The third-order valence-corrected chi connectivity index (χ3v) is 5.86. The van der Waals surface area contributed by atoms with Crippen LogP contribution in [0.2, 0.25) is 0 Å². The van der Waals surface area contributed by atoms with Crippen LogP contribution in [0.1, 0.15) is 12.5 Å². The first-order valence-electron chi connectivity index (χ1n) is 6.39. The molecule has 0 saturated heterocycles. The molecule has 1 aromatic rings. The molecule has 0 fully saturated rings. The highest BCUT2D eigenvalue weighted by atomic mass is 79.9. The molecule has 0 aliphatic carbocycles. The van der Waals surface area contributed by atoms with Crippen molar-refractivity contribution in [3.63, 3.8) is 0 Å². The minimum atomic E-state index is -3.52. The highest BCUT2D eigenvalue weighted by molar-refractivity contribution is 9.10. The van der Waals surface area contributed by atoms with Gasteiger partial charge in [0.2, 0.25) is 10.0 Å². The Morgan fingerprint density at radius 3 is 2.65 bits per heavy atom. The number of benzene rings is 1. The molecule has 0 aliphatic heterocycles. The monoisotopic (exact) mass is 364 g/mol. The van der Waals surface area contributed by atoms with Gasteiger partial charge >= 0.3 is 0 Å². The van der Waals surface area contributed by atoms with Crippen molar-refractivity contribution in [3.8, 4) is 0 Å². The molecular formula is C13H21BrN2O3S. The maximum absolute atomic E-state index is 12.7. The summed E-state index contributed by atoms with van der Waals surface area (Å²) in [5.41, 5.74) is 0.928. The molecular weight excluding hydrogens is 344 g/mol. The molecule has 20 heavy (non-hydrogen) atoms. The van der Waals surface area contributed by atoms with Crippen LogP contribution in [0.4, 0.5) is 0 Å². The largest absolute Gasteiger partial charge is 0.383 e. The molecule has 0 heterocycles. The highest BCUT2D eigenvalue weighted by Gasteiger charge is 2.25. The van der Waals surface area contributed by atoms with Gasteiger partial charge in [-0.25, -0.2) is 8.42 Å². The third-order valence-electron chi connectivity index (χ3n) is 2.89. The first-order valence-corrected chi connectivity index (χ1v) is 8.62. The second kappa shape index (κ2) is 8.09. The average molecular weight is 365 g/mol. The van der Waals surface area contributed by atoms with E-state index < -0.39 is 10.0 Å². The lowest BCUT2D eigenvalue weighted by molar-refractivity contribution is 0.180. The zero-order valence-corrected chi connectivity index (χ0v) is 14.4. The molecule has 114 valence electrons. The van der Waals surface area contributed by atoms with Crippen LogP contribution >= 0.6 is 15.9 Å².